The van der Waals surface area contributed by atoms with Crippen LogP contribution in [0.3, 0.4) is 0 Å². The van der Waals surface area contributed by atoms with Gasteiger partial charge in [-0.2, -0.15) is 5.10 Å². The zero-order valence-electron chi connectivity index (χ0n) is 10.8. The average Bonchev–Trinajstić information content (AvgIpc) is 2.57. The second-order valence-corrected chi connectivity index (χ2v) is 5.60. The number of hydrogen-bond acceptors (Lipinski definition) is 3. The first-order chi connectivity index (χ1) is 8.11. The summed E-state index contributed by atoms with van der Waals surface area (Å²) in [5, 5.41) is 7.80. The number of halogens is 1. The van der Waals surface area contributed by atoms with Gasteiger partial charge in [-0.3, -0.25) is 9.58 Å². The van der Waals surface area contributed by atoms with Crippen LogP contribution in [0.25, 0.3) is 0 Å². The van der Waals surface area contributed by atoms with E-state index in [0.29, 0.717) is 6.04 Å². The maximum absolute atomic E-state index is 4.44. The summed E-state index contributed by atoms with van der Waals surface area (Å²) in [5.41, 5.74) is 2.36. The first-order valence-corrected chi connectivity index (χ1v) is 6.98. The van der Waals surface area contributed by atoms with E-state index in [1.165, 1.54) is 31.6 Å². The Balaban J connectivity index is 1.98. The summed E-state index contributed by atoms with van der Waals surface area (Å²) in [4.78, 5) is 2.51. The number of piperidine rings is 1. The van der Waals surface area contributed by atoms with Gasteiger partial charge in [-0.05, 0) is 42.7 Å². The van der Waals surface area contributed by atoms with Crippen molar-refractivity contribution >= 4 is 15.9 Å². The van der Waals surface area contributed by atoms with Crippen LogP contribution in [-0.4, -0.2) is 40.9 Å². The van der Waals surface area contributed by atoms with E-state index in [1.807, 2.05) is 18.7 Å². The minimum atomic E-state index is 0.697. The summed E-state index contributed by atoms with van der Waals surface area (Å²) in [6.45, 7) is 5.37. The van der Waals surface area contributed by atoms with E-state index in [1.54, 1.807) is 0 Å². The van der Waals surface area contributed by atoms with Crippen LogP contribution in [0.4, 0.5) is 0 Å². The summed E-state index contributed by atoms with van der Waals surface area (Å²) in [7, 11) is 4.08. The van der Waals surface area contributed by atoms with Crippen molar-refractivity contribution < 1.29 is 0 Å². The normalized spacial score (nSPS) is 18.8. The zero-order chi connectivity index (χ0) is 12.4. The molecule has 0 bridgehead atoms. The molecule has 2 heterocycles. The predicted molar refractivity (Wildman–Crippen MR) is 73.0 cm³/mol. The minimum absolute atomic E-state index is 0.697. The molecule has 0 saturated carbocycles. The largest absolute Gasteiger partial charge is 0.317 e. The van der Waals surface area contributed by atoms with E-state index in [0.717, 1.165) is 16.7 Å². The van der Waals surface area contributed by atoms with Gasteiger partial charge in [0.15, 0.2) is 0 Å². The molecule has 0 unspecified atom stereocenters. The average molecular weight is 301 g/mol. The van der Waals surface area contributed by atoms with E-state index in [9.17, 15) is 0 Å². The lowest BCUT2D eigenvalue weighted by molar-refractivity contribution is 0.190. The lowest BCUT2D eigenvalue weighted by Crippen LogP contribution is -2.41. The van der Waals surface area contributed by atoms with Gasteiger partial charge in [-0.1, -0.05) is 0 Å². The number of nitrogens with zero attached hydrogens (tertiary/aromatic N) is 3. The van der Waals surface area contributed by atoms with Gasteiger partial charge in [-0.25, -0.2) is 0 Å². The van der Waals surface area contributed by atoms with Crippen molar-refractivity contribution in [3.05, 3.63) is 15.9 Å². The van der Waals surface area contributed by atoms with E-state index >= 15 is 0 Å². The Hall–Kier alpha value is -0.390. The van der Waals surface area contributed by atoms with Crippen molar-refractivity contribution in [2.75, 3.05) is 20.1 Å². The van der Waals surface area contributed by atoms with Crippen LogP contribution in [0.2, 0.25) is 0 Å². The van der Waals surface area contributed by atoms with Gasteiger partial charge in [-0.15, -0.1) is 0 Å². The van der Waals surface area contributed by atoms with Gasteiger partial charge in [0, 0.05) is 32.7 Å². The molecule has 1 saturated heterocycles. The second kappa shape index (κ2) is 5.50. The number of rotatable bonds is 3. The lowest BCUT2D eigenvalue weighted by atomic mass is 10.1. The van der Waals surface area contributed by atoms with Gasteiger partial charge in [0.1, 0.15) is 0 Å². The predicted octanol–water partition coefficient (Wildman–Crippen LogP) is 1.67. The molecule has 96 valence electrons. The Morgan fingerprint density at radius 1 is 1.41 bits per heavy atom. The molecule has 1 aromatic heterocycles. The van der Waals surface area contributed by atoms with Crippen LogP contribution >= 0.6 is 15.9 Å². The van der Waals surface area contributed by atoms with E-state index < -0.39 is 0 Å². The highest BCUT2D eigenvalue weighted by Crippen LogP contribution is 2.23. The van der Waals surface area contributed by atoms with Gasteiger partial charge >= 0.3 is 0 Å². The van der Waals surface area contributed by atoms with Crippen LogP contribution < -0.4 is 5.32 Å². The molecule has 0 radical (unpaired) electrons. The fourth-order valence-electron chi connectivity index (χ4n) is 2.44. The number of nitrogens with one attached hydrogen (secondary N) is 1. The molecule has 1 aliphatic rings. The smallest absolute Gasteiger partial charge is 0.0739 e. The molecule has 1 N–H and O–H groups in total. The Labute approximate surface area is 111 Å². The highest BCUT2D eigenvalue weighted by molar-refractivity contribution is 9.10. The molecule has 17 heavy (non-hydrogen) atoms. The molecule has 0 aromatic carbocycles. The number of aryl methyl sites for hydroxylation is 2. The third-order valence-electron chi connectivity index (χ3n) is 3.63. The molecule has 4 nitrogen and oxygen atoms in total. The Morgan fingerprint density at radius 3 is 2.53 bits per heavy atom. The van der Waals surface area contributed by atoms with Crippen molar-refractivity contribution in [1.29, 1.82) is 0 Å². The molecule has 0 amide bonds. The van der Waals surface area contributed by atoms with Gasteiger partial charge < -0.3 is 5.32 Å². The maximum Gasteiger partial charge on any atom is 0.0739 e. The van der Waals surface area contributed by atoms with Crippen LogP contribution in [0.1, 0.15) is 24.2 Å². The highest BCUT2D eigenvalue weighted by Gasteiger charge is 2.20. The van der Waals surface area contributed by atoms with Crippen LogP contribution in [0, 0.1) is 6.92 Å². The fourth-order valence-corrected chi connectivity index (χ4v) is 2.90. The van der Waals surface area contributed by atoms with Gasteiger partial charge in [0.25, 0.3) is 0 Å². The van der Waals surface area contributed by atoms with Crippen molar-refractivity contribution in [2.45, 2.75) is 32.4 Å². The zero-order valence-corrected chi connectivity index (χ0v) is 12.4. The van der Waals surface area contributed by atoms with Crippen molar-refractivity contribution in [3.63, 3.8) is 0 Å². The first kappa shape index (κ1) is 13.1. The first-order valence-electron chi connectivity index (χ1n) is 6.19. The fraction of sp³-hybridized carbons (Fsp3) is 0.750. The molecule has 0 atom stereocenters. The van der Waals surface area contributed by atoms with Crippen molar-refractivity contribution in [2.24, 2.45) is 7.05 Å². The summed E-state index contributed by atoms with van der Waals surface area (Å²) >= 11 is 3.63. The van der Waals surface area contributed by atoms with Crippen LogP contribution in [0.15, 0.2) is 4.47 Å². The quantitative estimate of drug-likeness (QED) is 0.922. The maximum atomic E-state index is 4.44. The Morgan fingerprint density at radius 2 is 2.06 bits per heavy atom. The third-order valence-corrected chi connectivity index (χ3v) is 4.66. The van der Waals surface area contributed by atoms with Gasteiger partial charge in [0.05, 0.1) is 15.9 Å². The second-order valence-electron chi connectivity index (χ2n) is 4.81. The molecule has 5 heteroatoms. The molecule has 0 spiro atoms. The minimum Gasteiger partial charge on any atom is -0.317 e. The van der Waals surface area contributed by atoms with Crippen molar-refractivity contribution in [3.8, 4) is 0 Å². The number of aromatic nitrogens is 2. The Bertz CT molecular complexity index is 380. The van der Waals surface area contributed by atoms with E-state index in [4.69, 9.17) is 0 Å². The molecule has 1 aliphatic heterocycles. The Kier molecular flexibility index (Phi) is 4.22. The van der Waals surface area contributed by atoms with E-state index in [-0.39, 0.29) is 0 Å². The summed E-state index contributed by atoms with van der Waals surface area (Å²) < 4.78 is 3.15. The third kappa shape index (κ3) is 2.89. The standard InChI is InChI=1S/C12H21BrN4/c1-9-12(13)11(16(3)15-9)8-17-6-4-10(14-2)5-7-17/h10,14H,4-8H2,1-3H3. The molecule has 2 rings (SSSR count). The molecular weight excluding hydrogens is 280 g/mol. The van der Waals surface area contributed by atoms with Crippen molar-refractivity contribution in [1.82, 2.24) is 20.0 Å². The summed E-state index contributed by atoms with van der Waals surface area (Å²) in [6, 6.07) is 0.697. The monoisotopic (exact) mass is 300 g/mol. The number of hydrogen-bond donors (Lipinski definition) is 1. The lowest BCUT2D eigenvalue weighted by Gasteiger charge is -2.31. The highest BCUT2D eigenvalue weighted by atomic mass is 79.9. The van der Waals surface area contributed by atoms with Crippen LogP contribution in [-0.2, 0) is 13.6 Å². The topological polar surface area (TPSA) is 33.1 Å². The SMILES string of the molecule is CNC1CCN(Cc2c(Br)c(C)nn2C)CC1. The summed E-state index contributed by atoms with van der Waals surface area (Å²) in [6.07, 6.45) is 2.48. The molecular formula is C12H21BrN4. The number of likely N-dealkylation sites (tertiary alicyclic amines) is 1. The van der Waals surface area contributed by atoms with Crippen LogP contribution in [0.5, 0.6) is 0 Å². The van der Waals surface area contributed by atoms with Gasteiger partial charge in [0.2, 0.25) is 0 Å². The molecule has 0 aliphatic carbocycles. The molecule has 1 aromatic rings. The summed E-state index contributed by atoms with van der Waals surface area (Å²) in [5.74, 6) is 0. The molecule has 1 fully saturated rings. The van der Waals surface area contributed by atoms with E-state index in [2.05, 4.69) is 38.3 Å².